The first-order chi connectivity index (χ1) is 9.61. The van der Waals surface area contributed by atoms with Crippen LogP contribution in [0.25, 0.3) is 0 Å². The monoisotopic (exact) mass is 272 g/mol. The Morgan fingerprint density at radius 3 is 2.75 bits per heavy atom. The lowest BCUT2D eigenvalue weighted by molar-refractivity contribution is 0.0948. The van der Waals surface area contributed by atoms with Gasteiger partial charge in [-0.1, -0.05) is 18.2 Å². The molecule has 0 heterocycles. The van der Waals surface area contributed by atoms with Crippen LogP contribution in [0.4, 0.5) is 5.69 Å². The number of hydrogen-bond acceptors (Lipinski definition) is 4. The van der Waals surface area contributed by atoms with Gasteiger partial charge in [-0.25, -0.2) is 0 Å². The lowest BCUT2D eigenvalue weighted by Gasteiger charge is -2.10. The molecule has 2 aromatic rings. The average molecular weight is 272 g/mol. The van der Waals surface area contributed by atoms with Gasteiger partial charge in [-0.2, -0.15) is 0 Å². The van der Waals surface area contributed by atoms with Gasteiger partial charge < -0.3 is 20.9 Å². The standard InChI is InChI=1S/C15H16N2O3/c1-20-14-8-11(16)6-7-12(14)15(19)17-9-10-4-2-3-5-13(10)18/h2-8,18H,9,16H2,1H3,(H,17,19). The Kier molecular flexibility index (Phi) is 4.10. The summed E-state index contributed by atoms with van der Waals surface area (Å²) in [6.07, 6.45) is 0. The van der Waals surface area contributed by atoms with Crippen molar-refractivity contribution in [1.82, 2.24) is 5.32 Å². The summed E-state index contributed by atoms with van der Waals surface area (Å²) in [5, 5.41) is 12.4. The number of phenols is 1. The van der Waals surface area contributed by atoms with E-state index in [0.29, 0.717) is 22.6 Å². The van der Waals surface area contributed by atoms with Crippen LogP contribution in [0.2, 0.25) is 0 Å². The first-order valence-electron chi connectivity index (χ1n) is 6.10. The SMILES string of the molecule is COc1cc(N)ccc1C(=O)NCc1ccccc1O. The largest absolute Gasteiger partial charge is 0.508 e. The summed E-state index contributed by atoms with van der Waals surface area (Å²) < 4.78 is 5.13. The number of nitrogen functional groups attached to an aromatic ring is 1. The van der Waals surface area contributed by atoms with Gasteiger partial charge in [0.1, 0.15) is 11.5 Å². The van der Waals surface area contributed by atoms with Crippen LogP contribution < -0.4 is 15.8 Å². The van der Waals surface area contributed by atoms with Gasteiger partial charge in [0.2, 0.25) is 0 Å². The van der Waals surface area contributed by atoms with E-state index >= 15 is 0 Å². The summed E-state index contributed by atoms with van der Waals surface area (Å²) in [7, 11) is 1.48. The van der Waals surface area contributed by atoms with Gasteiger partial charge in [-0.3, -0.25) is 4.79 Å². The Balaban J connectivity index is 2.11. The Morgan fingerprint density at radius 2 is 2.05 bits per heavy atom. The van der Waals surface area contributed by atoms with E-state index in [-0.39, 0.29) is 18.2 Å². The number of ether oxygens (including phenoxy) is 1. The number of hydrogen-bond donors (Lipinski definition) is 3. The Morgan fingerprint density at radius 1 is 1.30 bits per heavy atom. The minimum Gasteiger partial charge on any atom is -0.508 e. The van der Waals surface area contributed by atoms with E-state index in [0.717, 1.165) is 0 Å². The van der Waals surface area contributed by atoms with Gasteiger partial charge in [0.15, 0.2) is 0 Å². The number of carbonyl (C=O) groups excluding carboxylic acids is 1. The number of para-hydroxylation sites is 1. The van der Waals surface area contributed by atoms with Crippen molar-refractivity contribution >= 4 is 11.6 Å². The smallest absolute Gasteiger partial charge is 0.255 e. The zero-order valence-corrected chi connectivity index (χ0v) is 11.1. The second-order valence-corrected chi connectivity index (χ2v) is 4.27. The highest BCUT2D eigenvalue weighted by Crippen LogP contribution is 2.22. The molecule has 0 fully saturated rings. The van der Waals surface area contributed by atoms with Gasteiger partial charge >= 0.3 is 0 Å². The second-order valence-electron chi connectivity index (χ2n) is 4.27. The number of carbonyl (C=O) groups is 1. The fourth-order valence-corrected chi connectivity index (χ4v) is 1.83. The molecule has 0 atom stereocenters. The van der Waals surface area contributed by atoms with Crippen molar-refractivity contribution in [2.75, 3.05) is 12.8 Å². The quantitative estimate of drug-likeness (QED) is 0.742. The molecule has 0 saturated heterocycles. The van der Waals surface area contributed by atoms with Crippen LogP contribution >= 0.6 is 0 Å². The van der Waals surface area contributed by atoms with Gasteiger partial charge in [0.05, 0.1) is 12.7 Å². The molecule has 2 rings (SSSR count). The first kappa shape index (κ1) is 13.7. The van der Waals surface area contributed by atoms with E-state index in [1.54, 1.807) is 42.5 Å². The Bertz CT molecular complexity index is 626. The van der Waals surface area contributed by atoms with Crippen molar-refractivity contribution in [3.05, 3.63) is 53.6 Å². The summed E-state index contributed by atoms with van der Waals surface area (Å²) >= 11 is 0. The van der Waals surface area contributed by atoms with Crippen LogP contribution in [0.5, 0.6) is 11.5 Å². The minimum atomic E-state index is -0.287. The van der Waals surface area contributed by atoms with Gasteiger partial charge in [0.25, 0.3) is 5.91 Å². The predicted octanol–water partition coefficient (Wildman–Crippen LogP) is 1.91. The fourth-order valence-electron chi connectivity index (χ4n) is 1.83. The molecule has 0 aliphatic heterocycles. The molecule has 4 N–H and O–H groups in total. The first-order valence-corrected chi connectivity index (χ1v) is 6.10. The summed E-state index contributed by atoms with van der Waals surface area (Å²) in [6.45, 7) is 0.235. The number of nitrogens with two attached hydrogens (primary N) is 1. The molecule has 20 heavy (non-hydrogen) atoms. The van der Waals surface area contributed by atoms with Crippen molar-refractivity contribution in [2.24, 2.45) is 0 Å². The Labute approximate surface area is 117 Å². The van der Waals surface area contributed by atoms with E-state index in [1.807, 2.05) is 0 Å². The van der Waals surface area contributed by atoms with Crippen molar-refractivity contribution in [3.63, 3.8) is 0 Å². The molecule has 0 aliphatic rings. The lowest BCUT2D eigenvalue weighted by Crippen LogP contribution is -2.23. The van der Waals surface area contributed by atoms with Crippen molar-refractivity contribution < 1.29 is 14.6 Å². The van der Waals surface area contributed by atoms with Crippen LogP contribution in [0.1, 0.15) is 15.9 Å². The molecule has 0 saturated carbocycles. The minimum absolute atomic E-state index is 0.150. The molecule has 2 aromatic carbocycles. The maximum atomic E-state index is 12.1. The molecular weight excluding hydrogens is 256 g/mol. The fraction of sp³-hybridized carbons (Fsp3) is 0.133. The summed E-state index contributed by atoms with van der Waals surface area (Å²) in [6, 6.07) is 11.7. The second kappa shape index (κ2) is 5.97. The number of methoxy groups -OCH3 is 1. The van der Waals surface area contributed by atoms with Crippen LogP contribution in [-0.4, -0.2) is 18.1 Å². The lowest BCUT2D eigenvalue weighted by atomic mass is 10.1. The third-order valence-corrected chi connectivity index (χ3v) is 2.90. The van der Waals surface area contributed by atoms with Crippen molar-refractivity contribution in [3.8, 4) is 11.5 Å². The van der Waals surface area contributed by atoms with Crippen molar-refractivity contribution in [1.29, 1.82) is 0 Å². The highest BCUT2D eigenvalue weighted by atomic mass is 16.5. The molecule has 0 bridgehead atoms. The molecule has 5 heteroatoms. The van der Waals surface area contributed by atoms with E-state index < -0.39 is 0 Å². The van der Waals surface area contributed by atoms with Crippen molar-refractivity contribution in [2.45, 2.75) is 6.54 Å². The molecule has 104 valence electrons. The number of aromatic hydroxyl groups is 1. The molecule has 5 nitrogen and oxygen atoms in total. The van der Waals surface area contributed by atoms with E-state index in [2.05, 4.69) is 5.32 Å². The molecule has 0 spiro atoms. The summed E-state index contributed by atoms with van der Waals surface area (Å²) in [5.41, 5.74) is 7.22. The molecule has 1 amide bonds. The normalized spacial score (nSPS) is 10.1. The van der Waals surface area contributed by atoms with Gasteiger partial charge in [-0.05, 0) is 18.2 Å². The number of rotatable bonds is 4. The van der Waals surface area contributed by atoms with Crippen LogP contribution in [0.3, 0.4) is 0 Å². The highest BCUT2D eigenvalue weighted by Gasteiger charge is 2.12. The molecule has 0 aromatic heterocycles. The van der Waals surface area contributed by atoms with Crippen LogP contribution in [-0.2, 0) is 6.54 Å². The Hall–Kier alpha value is -2.69. The number of anilines is 1. The molecule has 0 aliphatic carbocycles. The third-order valence-electron chi connectivity index (χ3n) is 2.90. The highest BCUT2D eigenvalue weighted by molar-refractivity contribution is 5.97. The maximum Gasteiger partial charge on any atom is 0.255 e. The van der Waals surface area contributed by atoms with E-state index in [4.69, 9.17) is 10.5 Å². The van der Waals surface area contributed by atoms with Gasteiger partial charge in [0, 0.05) is 23.9 Å². The maximum absolute atomic E-state index is 12.1. The van der Waals surface area contributed by atoms with E-state index in [1.165, 1.54) is 7.11 Å². The summed E-state index contributed by atoms with van der Waals surface area (Å²) in [5.74, 6) is 0.280. The zero-order valence-electron chi connectivity index (χ0n) is 11.1. The topological polar surface area (TPSA) is 84.6 Å². The predicted molar refractivity (Wildman–Crippen MR) is 76.7 cm³/mol. The van der Waals surface area contributed by atoms with Gasteiger partial charge in [-0.15, -0.1) is 0 Å². The zero-order chi connectivity index (χ0) is 14.5. The number of nitrogens with one attached hydrogen (secondary N) is 1. The molecular formula is C15H16N2O3. The number of phenolic OH excluding ortho intramolecular Hbond substituents is 1. The number of benzene rings is 2. The van der Waals surface area contributed by atoms with Crippen LogP contribution in [0.15, 0.2) is 42.5 Å². The average Bonchev–Trinajstić information content (AvgIpc) is 2.46. The van der Waals surface area contributed by atoms with E-state index in [9.17, 15) is 9.90 Å². The molecule has 0 radical (unpaired) electrons. The third kappa shape index (κ3) is 3.00. The van der Waals surface area contributed by atoms with Crippen LogP contribution in [0, 0.1) is 0 Å². The molecule has 0 unspecified atom stereocenters. The number of amides is 1. The summed E-state index contributed by atoms with van der Waals surface area (Å²) in [4.78, 5) is 12.1.